The van der Waals surface area contributed by atoms with Crippen LogP contribution in [0, 0.1) is 0 Å². The molecular weight excluding hydrogens is 300 g/mol. The molecule has 126 valence electrons. The van der Waals surface area contributed by atoms with Crippen LogP contribution >= 0.6 is 0 Å². The number of carbonyl (C=O) groups excluding carboxylic acids is 2. The molecule has 0 saturated heterocycles. The predicted octanol–water partition coefficient (Wildman–Crippen LogP) is -1.54. The SMILES string of the molecule is NCC(=O)NC(CNCC(=O)NCC(=O)O)Cc1ccccc1. The third-order valence-corrected chi connectivity index (χ3v) is 2.99. The van der Waals surface area contributed by atoms with Crippen LogP contribution in [0.5, 0.6) is 0 Å². The minimum atomic E-state index is -1.10. The summed E-state index contributed by atoms with van der Waals surface area (Å²) < 4.78 is 0. The highest BCUT2D eigenvalue weighted by atomic mass is 16.4. The highest BCUT2D eigenvalue weighted by Gasteiger charge is 2.13. The van der Waals surface area contributed by atoms with Crippen molar-refractivity contribution >= 4 is 17.8 Å². The van der Waals surface area contributed by atoms with Crippen molar-refractivity contribution in [3.8, 4) is 0 Å². The van der Waals surface area contributed by atoms with E-state index in [9.17, 15) is 14.4 Å². The fourth-order valence-electron chi connectivity index (χ4n) is 1.96. The monoisotopic (exact) mass is 322 g/mol. The Morgan fingerprint density at radius 1 is 1.09 bits per heavy atom. The van der Waals surface area contributed by atoms with Crippen molar-refractivity contribution in [2.24, 2.45) is 5.73 Å². The number of amides is 2. The average Bonchev–Trinajstić information content (AvgIpc) is 2.53. The normalized spacial score (nSPS) is 11.5. The maximum absolute atomic E-state index is 11.5. The van der Waals surface area contributed by atoms with Gasteiger partial charge in [-0.2, -0.15) is 0 Å². The summed E-state index contributed by atoms with van der Waals surface area (Å²) in [4.78, 5) is 33.2. The summed E-state index contributed by atoms with van der Waals surface area (Å²) in [6.07, 6.45) is 0.594. The number of carboxylic acid groups (broad SMARTS) is 1. The van der Waals surface area contributed by atoms with Crippen molar-refractivity contribution in [1.29, 1.82) is 0 Å². The first kappa shape index (κ1) is 18.6. The topological polar surface area (TPSA) is 134 Å². The minimum Gasteiger partial charge on any atom is -0.480 e. The van der Waals surface area contributed by atoms with Gasteiger partial charge in [0.25, 0.3) is 0 Å². The lowest BCUT2D eigenvalue weighted by molar-refractivity contribution is -0.137. The first-order valence-electron chi connectivity index (χ1n) is 7.23. The zero-order chi connectivity index (χ0) is 17.1. The van der Waals surface area contributed by atoms with E-state index in [4.69, 9.17) is 10.8 Å². The largest absolute Gasteiger partial charge is 0.480 e. The Balaban J connectivity index is 2.44. The molecule has 1 atom stereocenters. The van der Waals surface area contributed by atoms with E-state index in [1.807, 2.05) is 30.3 Å². The Bertz CT molecular complexity index is 521. The van der Waals surface area contributed by atoms with Gasteiger partial charge in [-0.3, -0.25) is 14.4 Å². The van der Waals surface area contributed by atoms with Gasteiger partial charge in [-0.1, -0.05) is 30.3 Å². The van der Waals surface area contributed by atoms with Gasteiger partial charge in [0.1, 0.15) is 6.54 Å². The molecule has 8 heteroatoms. The Kier molecular flexibility index (Phi) is 8.33. The van der Waals surface area contributed by atoms with E-state index >= 15 is 0 Å². The second kappa shape index (κ2) is 10.3. The number of nitrogens with two attached hydrogens (primary N) is 1. The van der Waals surface area contributed by atoms with Gasteiger partial charge >= 0.3 is 5.97 Å². The second-order valence-corrected chi connectivity index (χ2v) is 4.96. The van der Waals surface area contributed by atoms with Crippen LogP contribution in [0.1, 0.15) is 5.56 Å². The summed E-state index contributed by atoms with van der Waals surface area (Å²) in [5.41, 5.74) is 6.35. The van der Waals surface area contributed by atoms with Crippen LogP contribution in [0.2, 0.25) is 0 Å². The minimum absolute atomic E-state index is 0.0307. The number of carboxylic acids is 1. The van der Waals surface area contributed by atoms with Crippen LogP contribution in [0.15, 0.2) is 30.3 Å². The third kappa shape index (κ3) is 8.54. The molecule has 0 heterocycles. The number of aliphatic carboxylic acids is 1. The van der Waals surface area contributed by atoms with Crippen LogP contribution in [-0.2, 0) is 20.8 Å². The molecule has 0 fully saturated rings. The van der Waals surface area contributed by atoms with E-state index in [0.717, 1.165) is 5.56 Å². The summed E-state index contributed by atoms with van der Waals surface area (Å²) >= 11 is 0. The molecule has 1 rings (SSSR count). The van der Waals surface area contributed by atoms with Gasteiger partial charge in [-0.05, 0) is 12.0 Å². The lowest BCUT2D eigenvalue weighted by Crippen LogP contribution is -2.47. The molecule has 8 nitrogen and oxygen atoms in total. The van der Waals surface area contributed by atoms with Gasteiger partial charge < -0.3 is 26.8 Å². The Labute approximate surface area is 134 Å². The summed E-state index contributed by atoms with van der Waals surface area (Å²) in [5.74, 6) is -1.80. The molecular formula is C15H22N4O4. The van der Waals surface area contributed by atoms with Crippen LogP contribution in [0.3, 0.4) is 0 Å². The van der Waals surface area contributed by atoms with E-state index in [1.54, 1.807) is 0 Å². The smallest absolute Gasteiger partial charge is 0.322 e. The molecule has 23 heavy (non-hydrogen) atoms. The molecule has 0 saturated carbocycles. The van der Waals surface area contributed by atoms with Gasteiger partial charge in [-0.15, -0.1) is 0 Å². The average molecular weight is 322 g/mol. The molecule has 1 aromatic carbocycles. The standard InChI is InChI=1S/C15H22N4O4/c16-7-13(20)19-12(6-11-4-2-1-3-5-11)8-17-9-14(21)18-10-15(22)23/h1-5,12,17H,6-10,16H2,(H,18,21)(H,19,20)(H,22,23). The van der Waals surface area contributed by atoms with Crippen molar-refractivity contribution < 1.29 is 19.5 Å². The highest BCUT2D eigenvalue weighted by Crippen LogP contribution is 2.02. The zero-order valence-electron chi connectivity index (χ0n) is 12.7. The summed E-state index contributed by atoms with van der Waals surface area (Å²) in [6.45, 7) is -0.194. The summed E-state index contributed by atoms with van der Waals surface area (Å²) in [6, 6.07) is 9.39. The van der Waals surface area contributed by atoms with E-state index in [0.29, 0.717) is 13.0 Å². The van der Waals surface area contributed by atoms with Gasteiger partial charge in [-0.25, -0.2) is 0 Å². The quantitative estimate of drug-likeness (QED) is 0.355. The van der Waals surface area contributed by atoms with Crippen LogP contribution in [0.4, 0.5) is 0 Å². The highest BCUT2D eigenvalue weighted by molar-refractivity contribution is 5.82. The van der Waals surface area contributed by atoms with Crippen LogP contribution in [-0.4, -0.2) is 55.1 Å². The molecule has 0 bridgehead atoms. The molecule has 6 N–H and O–H groups in total. The van der Waals surface area contributed by atoms with Gasteiger partial charge in [0.2, 0.25) is 11.8 Å². The van der Waals surface area contributed by atoms with Gasteiger partial charge in [0.15, 0.2) is 0 Å². The molecule has 0 aliphatic rings. The summed E-state index contributed by atoms with van der Waals surface area (Å²) in [5, 5.41) is 16.4. The maximum Gasteiger partial charge on any atom is 0.322 e. The molecule has 2 amide bonds. The Hall–Kier alpha value is -2.45. The van der Waals surface area contributed by atoms with Crippen LogP contribution in [0.25, 0.3) is 0 Å². The number of hydrogen-bond donors (Lipinski definition) is 5. The number of nitrogens with one attached hydrogen (secondary N) is 3. The Morgan fingerprint density at radius 3 is 2.39 bits per heavy atom. The van der Waals surface area contributed by atoms with E-state index in [-0.39, 0.29) is 25.0 Å². The second-order valence-electron chi connectivity index (χ2n) is 4.96. The fourth-order valence-corrected chi connectivity index (χ4v) is 1.96. The maximum atomic E-state index is 11.5. The number of carbonyl (C=O) groups is 3. The zero-order valence-corrected chi connectivity index (χ0v) is 12.7. The van der Waals surface area contributed by atoms with Crippen molar-refractivity contribution in [1.82, 2.24) is 16.0 Å². The molecule has 0 aliphatic carbocycles. The van der Waals surface area contributed by atoms with Crippen molar-refractivity contribution in [3.05, 3.63) is 35.9 Å². The fraction of sp³-hybridized carbons (Fsp3) is 0.400. The molecule has 0 radical (unpaired) electrons. The van der Waals surface area contributed by atoms with Gasteiger partial charge in [0, 0.05) is 12.6 Å². The van der Waals surface area contributed by atoms with E-state index in [1.165, 1.54) is 0 Å². The predicted molar refractivity (Wildman–Crippen MR) is 84.6 cm³/mol. The Morgan fingerprint density at radius 2 is 1.78 bits per heavy atom. The first-order valence-corrected chi connectivity index (χ1v) is 7.23. The molecule has 0 spiro atoms. The third-order valence-electron chi connectivity index (χ3n) is 2.99. The summed E-state index contributed by atoms with van der Waals surface area (Å²) in [7, 11) is 0. The van der Waals surface area contributed by atoms with Crippen molar-refractivity contribution in [3.63, 3.8) is 0 Å². The molecule has 1 unspecified atom stereocenters. The number of rotatable bonds is 10. The van der Waals surface area contributed by atoms with Crippen LogP contribution < -0.4 is 21.7 Å². The molecule has 0 aromatic heterocycles. The molecule has 0 aliphatic heterocycles. The van der Waals surface area contributed by atoms with Gasteiger partial charge in [0.05, 0.1) is 13.1 Å². The lowest BCUT2D eigenvalue weighted by atomic mass is 10.1. The number of hydrogen-bond acceptors (Lipinski definition) is 5. The molecule has 1 aromatic rings. The van der Waals surface area contributed by atoms with Crippen molar-refractivity contribution in [2.45, 2.75) is 12.5 Å². The van der Waals surface area contributed by atoms with E-state index in [2.05, 4.69) is 16.0 Å². The first-order chi connectivity index (χ1) is 11.0. The lowest BCUT2D eigenvalue weighted by Gasteiger charge is -2.19. The van der Waals surface area contributed by atoms with E-state index < -0.39 is 18.4 Å². The van der Waals surface area contributed by atoms with Crippen molar-refractivity contribution in [2.75, 3.05) is 26.2 Å². The number of benzene rings is 1.